The number of carbonyl (C=O) groups is 1. The van der Waals surface area contributed by atoms with Crippen LogP contribution < -0.4 is 14.8 Å². The average Bonchev–Trinajstić information content (AvgIpc) is 2.78. The fraction of sp³-hybridized carbons (Fsp3) is 0.240. The van der Waals surface area contributed by atoms with Crippen LogP contribution in [0.1, 0.15) is 34.8 Å². The van der Waals surface area contributed by atoms with E-state index >= 15 is 0 Å². The van der Waals surface area contributed by atoms with Gasteiger partial charge in [0, 0.05) is 17.8 Å². The van der Waals surface area contributed by atoms with E-state index in [1.165, 1.54) is 6.07 Å². The first kappa shape index (κ1) is 23.3. The molecule has 0 aliphatic carbocycles. The fourth-order valence-corrected chi connectivity index (χ4v) is 4.29. The van der Waals surface area contributed by atoms with Crippen LogP contribution in [0, 0.1) is 6.92 Å². The van der Waals surface area contributed by atoms with E-state index in [4.69, 9.17) is 4.74 Å². The molecule has 0 aliphatic heterocycles. The van der Waals surface area contributed by atoms with E-state index in [2.05, 4.69) is 10.0 Å². The summed E-state index contributed by atoms with van der Waals surface area (Å²) >= 11 is 0. The van der Waals surface area contributed by atoms with E-state index < -0.39 is 10.0 Å². The molecule has 2 N–H and O–H groups in total. The number of benzene rings is 3. The van der Waals surface area contributed by atoms with E-state index in [0.717, 1.165) is 29.7 Å². The standard InChI is InChI=1S/C25H28N2O4S/c1-3-31-24-12-5-4-8-20(24)10-7-17-26-25(28)21-9-6-11-22(18-21)27-32(29,30)23-15-13-19(2)14-16-23/h4-6,8-9,11-16,18,27H,3,7,10,17H2,1-2H3,(H,26,28). The lowest BCUT2D eigenvalue weighted by molar-refractivity contribution is 0.0953. The Morgan fingerprint density at radius 3 is 2.47 bits per heavy atom. The maximum absolute atomic E-state index is 12.6. The van der Waals surface area contributed by atoms with Crippen LogP contribution in [0.25, 0.3) is 0 Å². The van der Waals surface area contributed by atoms with Crippen molar-refractivity contribution in [2.24, 2.45) is 0 Å². The van der Waals surface area contributed by atoms with Gasteiger partial charge in [0.15, 0.2) is 0 Å². The number of carbonyl (C=O) groups excluding carboxylic acids is 1. The quantitative estimate of drug-likeness (QED) is 0.442. The van der Waals surface area contributed by atoms with E-state index in [1.807, 2.05) is 38.1 Å². The third kappa shape index (κ3) is 6.34. The second-order valence-corrected chi connectivity index (χ2v) is 9.08. The highest BCUT2D eigenvalue weighted by Gasteiger charge is 2.15. The highest BCUT2D eigenvalue weighted by Crippen LogP contribution is 2.20. The van der Waals surface area contributed by atoms with Crippen LogP contribution in [0.15, 0.2) is 77.7 Å². The van der Waals surface area contributed by atoms with Crippen molar-refractivity contribution in [2.75, 3.05) is 17.9 Å². The highest BCUT2D eigenvalue weighted by molar-refractivity contribution is 7.92. The number of anilines is 1. The van der Waals surface area contributed by atoms with Crippen molar-refractivity contribution < 1.29 is 17.9 Å². The lowest BCUT2D eigenvalue weighted by Crippen LogP contribution is -2.25. The van der Waals surface area contributed by atoms with Gasteiger partial charge in [-0.3, -0.25) is 9.52 Å². The summed E-state index contributed by atoms with van der Waals surface area (Å²) in [5.41, 5.74) is 2.81. The van der Waals surface area contributed by atoms with Crippen molar-refractivity contribution >= 4 is 21.6 Å². The maximum Gasteiger partial charge on any atom is 0.261 e. The first-order valence-corrected chi connectivity index (χ1v) is 12.1. The Labute approximate surface area is 189 Å². The van der Waals surface area contributed by atoms with Crippen LogP contribution in [-0.2, 0) is 16.4 Å². The molecule has 0 spiro atoms. The molecule has 7 heteroatoms. The maximum atomic E-state index is 12.6. The zero-order valence-electron chi connectivity index (χ0n) is 18.3. The lowest BCUT2D eigenvalue weighted by Gasteiger charge is -2.11. The molecule has 0 bridgehead atoms. The molecule has 3 aromatic carbocycles. The number of hydrogen-bond acceptors (Lipinski definition) is 4. The third-order valence-electron chi connectivity index (χ3n) is 4.89. The highest BCUT2D eigenvalue weighted by atomic mass is 32.2. The smallest absolute Gasteiger partial charge is 0.261 e. The second-order valence-electron chi connectivity index (χ2n) is 7.40. The zero-order valence-corrected chi connectivity index (χ0v) is 19.1. The molecule has 0 aromatic heterocycles. The fourth-order valence-electron chi connectivity index (χ4n) is 3.24. The molecule has 0 saturated heterocycles. The topological polar surface area (TPSA) is 84.5 Å². The Balaban J connectivity index is 1.57. The zero-order chi connectivity index (χ0) is 23.0. The van der Waals surface area contributed by atoms with Gasteiger partial charge in [0.2, 0.25) is 0 Å². The first-order chi connectivity index (χ1) is 15.4. The Morgan fingerprint density at radius 2 is 1.72 bits per heavy atom. The van der Waals surface area contributed by atoms with Crippen LogP contribution in [0.4, 0.5) is 5.69 Å². The van der Waals surface area contributed by atoms with Crippen LogP contribution in [0.5, 0.6) is 5.75 Å². The summed E-state index contributed by atoms with van der Waals surface area (Å²) < 4.78 is 33.3. The minimum atomic E-state index is -3.73. The predicted molar refractivity (Wildman–Crippen MR) is 127 cm³/mol. The molecule has 168 valence electrons. The molecule has 0 fully saturated rings. The van der Waals surface area contributed by atoms with Crippen molar-refractivity contribution in [3.8, 4) is 5.75 Å². The molecule has 1 amide bonds. The largest absolute Gasteiger partial charge is 0.494 e. The molecule has 32 heavy (non-hydrogen) atoms. The van der Waals surface area contributed by atoms with Crippen LogP contribution in [0.3, 0.4) is 0 Å². The van der Waals surface area contributed by atoms with Gasteiger partial charge in [-0.05, 0) is 68.7 Å². The summed E-state index contributed by atoms with van der Waals surface area (Å²) in [5, 5.41) is 2.89. The molecule has 3 rings (SSSR count). The summed E-state index contributed by atoms with van der Waals surface area (Å²) in [6, 6.07) is 20.9. The summed E-state index contributed by atoms with van der Waals surface area (Å²) in [6.45, 7) is 4.95. The number of amides is 1. The van der Waals surface area contributed by atoms with E-state index in [-0.39, 0.29) is 10.8 Å². The Hall–Kier alpha value is -3.32. The molecule has 0 heterocycles. The Kier molecular flexibility index (Phi) is 7.89. The van der Waals surface area contributed by atoms with Crippen molar-refractivity contribution in [3.63, 3.8) is 0 Å². The number of sulfonamides is 1. The van der Waals surface area contributed by atoms with E-state index in [9.17, 15) is 13.2 Å². The second kappa shape index (κ2) is 10.8. The molecule has 0 radical (unpaired) electrons. The summed E-state index contributed by atoms with van der Waals surface area (Å²) in [4.78, 5) is 12.7. The monoisotopic (exact) mass is 452 g/mol. The Bertz CT molecular complexity index is 1160. The van der Waals surface area contributed by atoms with Crippen molar-refractivity contribution in [3.05, 3.63) is 89.5 Å². The van der Waals surface area contributed by atoms with Gasteiger partial charge in [-0.1, -0.05) is 42.0 Å². The number of aryl methyl sites for hydroxylation is 2. The van der Waals surface area contributed by atoms with Crippen LogP contribution >= 0.6 is 0 Å². The number of rotatable bonds is 10. The SMILES string of the molecule is CCOc1ccccc1CCCNC(=O)c1cccc(NS(=O)(=O)c2ccc(C)cc2)c1. The molecule has 3 aromatic rings. The molecule has 0 atom stereocenters. The molecule has 6 nitrogen and oxygen atoms in total. The van der Waals surface area contributed by atoms with Gasteiger partial charge < -0.3 is 10.1 Å². The van der Waals surface area contributed by atoms with Gasteiger partial charge >= 0.3 is 0 Å². The molecular weight excluding hydrogens is 424 g/mol. The Morgan fingerprint density at radius 1 is 0.969 bits per heavy atom. The van der Waals surface area contributed by atoms with Crippen LogP contribution in [-0.4, -0.2) is 27.5 Å². The average molecular weight is 453 g/mol. The van der Waals surface area contributed by atoms with E-state index in [0.29, 0.717) is 24.4 Å². The molecule has 0 aliphatic rings. The van der Waals surface area contributed by atoms with E-state index in [1.54, 1.807) is 42.5 Å². The van der Waals surface area contributed by atoms with Crippen molar-refractivity contribution in [2.45, 2.75) is 31.6 Å². The number of hydrogen-bond donors (Lipinski definition) is 2. The number of ether oxygens (including phenoxy) is 1. The van der Waals surface area contributed by atoms with Crippen LogP contribution in [0.2, 0.25) is 0 Å². The van der Waals surface area contributed by atoms with Crippen molar-refractivity contribution in [1.82, 2.24) is 5.32 Å². The van der Waals surface area contributed by atoms with Gasteiger partial charge in [0.25, 0.3) is 15.9 Å². The van der Waals surface area contributed by atoms with Crippen molar-refractivity contribution in [1.29, 1.82) is 0 Å². The molecular formula is C25H28N2O4S. The van der Waals surface area contributed by atoms with Gasteiger partial charge in [-0.25, -0.2) is 8.42 Å². The van der Waals surface area contributed by atoms with Gasteiger partial charge in [0.05, 0.1) is 11.5 Å². The lowest BCUT2D eigenvalue weighted by atomic mass is 10.1. The minimum absolute atomic E-state index is 0.172. The first-order valence-electron chi connectivity index (χ1n) is 10.6. The third-order valence-corrected chi connectivity index (χ3v) is 6.29. The molecule has 0 saturated carbocycles. The number of para-hydroxylation sites is 1. The summed E-state index contributed by atoms with van der Waals surface area (Å²) in [6.07, 6.45) is 1.54. The van der Waals surface area contributed by atoms with Gasteiger partial charge in [0.1, 0.15) is 5.75 Å². The predicted octanol–water partition coefficient (Wildman–Crippen LogP) is 4.56. The number of nitrogens with one attached hydrogen (secondary N) is 2. The summed E-state index contributed by atoms with van der Waals surface area (Å²) in [5.74, 6) is 0.620. The minimum Gasteiger partial charge on any atom is -0.494 e. The van der Waals surface area contributed by atoms with Gasteiger partial charge in [-0.2, -0.15) is 0 Å². The van der Waals surface area contributed by atoms with Gasteiger partial charge in [-0.15, -0.1) is 0 Å². The normalized spacial score (nSPS) is 11.1. The summed E-state index contributed by atoms with van der Waals surface area (Å²) in [7, 11) is -3.73. The molecule has 0 unspecified atom stereocenters.